The van der Waals surface area contributed by atoms with E-state index >= 15 is 0 Å². The van der Waals surface area contributed by atoms with Crippen molar-refractivity contribution in [3.05, 3.63) is 0 Å². The van der Waals surface area contributed by atoms with Gasteiger partial charge in [-0.25, -0.2) is 4.79 Å². The molecule has 2 aliphatic rings. The summed E-state index contributed by atoms with van der Waals surface area (Å²) >= 11 is 0. The topological polar surface area (TPSA) is 153 Å². The maximum atomic E-state index is 13.7. The highest BCUT2D eigenvalue weighted by Gasteiger charge is 2.50. The number of ether oxygens (including phenoxy) is 5. The van der Waals surface area contributed by atoms with Crippen molar-refractivity contribution in [2.75, 3.05) is 45.8 Å². The lowest BCUT2D eigenvalue weighted by atomic mass is 9.88. The molecule has 14 nitrogen and oxygen atoms in total. The summed E-state index contributed by atoms with van der Waals surface area (Å²) in [7, 11) is 0. The molecule has 0 aromatic rings. The van der Waals surface area contributed by atoms with Crippen LogP contribution in [0.4, 0.5) is 4.79 Å². The van der Waals surface area contributed by atoms with Crippen LogP contribution in [-0.4, -0.2) is 136 Å². The lowest BCUT2D eigenvalue weighted by Gasteiger charge is -2.46. The quantitative estimate of drug-likeness (QED) is 0.204. The van der Waals surface area contributed by atoms with E-state index in [9.17, 15) is 24.0 Å². The highest BCUT2D eigenvalue weighted by Crippen LogP contribution is 2.36. The Balaban J connectivity index is 2.85. The molecular weight excluding hydrogens is 696 g/mol. The number of carbonyl (C=O) groups is 5. The summed E-state index contributed by atoms with van der Waals surface area (Å²) in [5, 5.41) is 2.87. The predicted molar refractivity (Wildman–Crippen MR) is 206 cm³/mol. The number of nitrogens with zero attached hydrogens (tertiary/aromatic N) is 3. The van der Waals surface area contributed by atoms with Crippen molar-refractivity contribution in [3.63, 3.8) is 0 Å². The first-order valence-corrected chi connectivity index (χ1v) is 19.4. The van der Waals surface area contributed by atoms with Crippen molar-refractivity contribution in [1.82, 2.24) is 20.0 Å². The minimum atomic E-state index is -1.13. The predicted octanol–water partition coefficient (Wildman–Crippen LogP) is 5.24. The molecule has 1 aliphatic heterocycles. The van der Waals surface area contributed by atoms with E-state index in [0.717, 1.165) is 25.7 Å². The average molecular weight is 769 g/mol. The normalized spacial score (nSPS) is 20.3. The van der Waals surface area contributed by atoms with Gasteiger partial charge in [0.1, 0.15) is 28.0 Å². The Morgan fingerprint density at radius 3 is 1.22 bits per heavy atom. The van der Waals surface area contributed by atoms with Gasteiger partial charge in [-0.1, -0.05) is 12.8 Å². The minimum Gasteiger partial charge on any atom is -0.459 e. The zero-order chi connectivity index (χ0) is 41.5. The summed E-state index contributed by atoms with van der Waals surface area (Å²) in [6, 6.07) is -0.335. The molecule has 1 saturated heterocycles. The summed E-state index contributed by atoms with van der Waals surface area (Å²) in [6.07, 6.45) is 2.91. The molecule has 0 aromatic carbocycles. The van der Waals surface area contributed by atoms with Crippen LogP contribution in [0.2, 0.25) is 0 Å². The van der Waals surface area contributed by atoms with Gasteiger partial charge in [0.15, 0.2) is 0 Å². The van der Waals surface area contributed by atoms with Gasteiger partial charge in [0.25, 0.3) is 0 Å². The summed E-state index contributed by atoms with van der Waals surface area (Å²) in [5.41, 5.74) is -4.97. The van der Waals surface area contributed by atoms with Gasteiger partial charge in [0.2, 0.25) is 0 Å². The van der Waals surface area contributed by atoms with Crippen molar-refractivity contribution < 1.29 is 47.7 Å². The van der Waals surface area contributed by atoms with Crippen LogP contribution in [-0.2, 0) is 42.9 Å². The standard InChI is InChI=1S/C40H72N4O10/c1-35(2,3)50-30(45)22-42-26-40(20-21-41-34(49)54-39(13,14)15,44(24-32(47)52-37(7,8)9)25-33(48)53-38(10,11)12)27-43(23-31(46)51-36(4,5)6)29-19-17-16-18-28(29)42/h28-29H,16-27H2,1-15H3,(H,41,49)/t28-,29-/m1/s1. The Morgan fingerprint density at radius 1 is 0.556 bits per heavy atom. The third kappa shape index (κ3) is 17.7. The van der Waals surface area contributed by atoms with Gasteiger partial charge in [0, 0.05) is 37.3 Å². The molecule has 312 valence electrons. The zero-order valence-electron chi connectivity index (χ0n) is 36.1. The first kappa shape index (κ1) is 47.2. The molecule has 0 unspecified atom stereocenters. The number of rotatable bonds is 12. The van der Waals surface area contributed by atoms with Crippen LogP contribution in [0.15, 0.2) is 0 Å². The molecule has 1 saturated carbocycles. The van der Waals surface area contributed by atoms with Gasteiger partial charge >= 0.3 is 30.0 Å². The molecule has 14 heteroatoms. The molecule has 2 fully saturated rings. The molecule has 1 amide bonds. The second-order valence-corrected chi connectivity index (χ2v) is 19.8. The van der Waals surface area contributed by atoms with Gasteiger partial charge < -0.3 is 29.0 Å². The van der Waals surface area contributed by atoms with Crippen molar-refractivity contribution in [1.29, 1.82) is 0 Å². The summed E-state index contributed by atoms with van der Waals surface area (Å²) in [6.45, 7) is 26.6. The maximum Gasteiger partial charge on any atom is 0.407 e. The number of alkyl carbamates (subject to hydrolysis) is 1. The van der Waals surface area contributed by atoms with Gasteiger partial charge in [-0.15, -0.1) is 0 Å². The number of esters is 4. The highest BCUT2D eigenvalue weighted by molar-refractivity contribution is 5.76. The Bertz CT molecular complexity index is 1220. The highest BCUT2D eigenvalue weighted by atomic mass is 16.6. The fourth-order valence-corrected chi connectivity index (χ4v) is 7.09. The Kier molecular flexibility index (Phi) is 16.0. The number of amides is 1. The second kappa shape index (κ2) is 18.3. The van der Waals surface area contributed by atoms with E-state index < -0.39 is 63.5 Å². The first-order chi connectivity index (χ1) is 24.4. The van der Waals surface area contributed by atoms with Crippen molar-refractivity contribution in [2.24, 2.45) is 0 Å². The SMILES string of the molecule is CC(C)(C)OC(=O)CN1CC(CCNC(=O)OC(C)(C)C)(N(CC(=O)OC(C)(C)C)CC(=O)OC(C)(C)C)CN(CC(=O)OC(C)(C)C)[C@@H]2CCCC[C@H]21. The summed E-state index contributed by atoms with van der Waals surface area (Å²) < 4.78 is 28.8. The van der Waals surface area contributed by atoms with E-state index in [1.807, 2.05) is 41.5 Å². The number of hydrogen-bond donors (Lipinski definition) is 1. The van der Waals surface area contributed by atoms with Gasteiger partial charge in [-0.05, 0) is 123 Å². The molecule has 2 atom stereocenters. The number of carbonyl (C=O) groups excluding carboxylic acids is 5. The molecule has 0 spiro atoms. The number of fused-ring (bicyclic) bond motifs is 1. The van der Waals surface area contributed by atoms with Crippen molar-refractivity contribution in [2.45, 2.75) is 182 Å². The molecule has 54 heavy (non-hydrogen) atoms. The van der Waals surface area contributed by atoms with E-state index in [4.69, 9.17) is 23.7 Å². The maximum absolute atomic E-state index is 13.7. The summed E-state index contributed by atoms with van der Waals surface area (Å²) in [4.78, 5) is 73.6. The van der Waals surface area contributed by atoms with E-state index in [-0.39, 0.29) is 64.3 Å². The van der Waals surface area contributed by atoms with Crippen LogP contribution in [0.3, 0.4) is 0 Å². The number of nitrogens with one attached hydrogen (secondary N) is 1. The van der Waals surface area contributed by atoms with Crippen LogP contribution in [0, 0.1) is 0 Å². The molecule has 0 bridgehead atoms. The average Bonchev–Trinajstić information content (AvgIpc) is 3.03. The van der Waals surface area contributed by atoms with Crippen LogP contribution < -0.4 is 5.32 Å². The van der Waals surface area contributed by atoms with Gasteiger partial charge in [-0.2, -0.15) is 0 Å². The lowest BCUT2D eigenvalue weighted by molar-refractivity contribution is -0.166. The Hall–Kier alpha value is -2.97. The molecule has 1 N–H and O–H groups in total. The Morgan fingerprint density at radius 2 is 0.889 bits per heavy atom. The number of hydrogen-bond acceptors (Lipinski definition) is 13. The van der Waals surface area contributed by atoms with Gasteiger partial charge in [-0.3, -0.25) is 33.9 Å². The van der Waals surface area contributed by atoms with Crippen LogP contribution in [0.1, 0.15) is 136 Å². The third-order valence-electron chi connectivity index (χ3n) is 8.54. The van der Waals surface area contributed by atoms with Crippen LogP contribution in [0.5, 0.6) is 0 Å². The fraction of sp³-hybridized carbons (Fsp3) is 0.875. The fourth-order valence-electron chi connectivity index (χ4n) is 7.09. The molecular formula is C40H72N4O10. The minimum absolute atomic E-state index is 0.0628. The largest absolute Gasteiger partial charge is 0.459 e. The van der Waals surface area contributed by atoms with Crippen LogP contribution >= 0.6 is 0 Å². The Labute approximate surface area is 324 Å². The third-order valence-corrected chi connectivity index (χ3v) is 8.54. The molecule has 0 aromatic heterocycles. The van der Waals surface area contributed by atoms with Crippen molar-refractivity contribution >= 4 is 30.0 Å². The molecule has 0 radical (unpaired) electrons. The van der Waals surface area contributed by atoms with Crippen LogP contribution in [0.25, 0.3) is 0 Å². The molecule has 1 aliphatic carbocycles. The first-order valence-electron chi connectivity index (χ1n) is 19.4. The van der Waals surface area contributed by atoms with E-state index in [1.165, 1.54) is 0 Å². The second-order valence-electron chi connectivity index (χ2n) is 19.8. The monoisotopic (exact) mass is 769 g/mol. The van der Waals surface area contributed by atoms with E-state index in [0.29, 0.717) is 0 Å². The van der Waals surface area contributed by atoms with Gasteiger partial charge in [0.05, 0.1) is 26.2 Å². The smallest absolute Gasteiger partial charge is 0.407 e. The molecule has 2 rings (SSSR count). The van der Waals surface area contributed by atoms with Crippen molar-refractivity contribution in [3.8, 4) is 0 Å². The molecule has 1 heterocycles. The van der Waals surface area contributed by atoms with E-state index in [2.05, 4.69) is 15.1 Å². The lowest BCUT2D eigenvalue weighted by Crippen LogP contribution is -2.64. The van der Waals surface area contributed by atoms with E-state index in [1.54, 1.807) is 67.2 Å². The summed E-state index contributed by atoms with van der Waals surface area (Å²) in [5.74, 6) is -1.97. The zero-order valence-corrected chi connectivity index (χ0v) is 36.1.